The number of amides is 2. The lowest BCUT2D eigenvalue weighted by molar-refractivity contribution is 0.0697. The van der Waals surface area contributed by atoms with Gasteiger partial charge in [-0.2, -0.15) is 0 Å². The van der Waals surface area contributed by atoms with E-state index in [0.29, 0.717) is 37.6 Å². The van der Waals surface area contributed by atoms with Crippen LogP contribution < -0.4 is 5.32 Å². The average Bonchev–Trinajstić information content (AvgIpc) is 2.43. The van der Waals surface area contributed by atoms with E-state index in [0.717, 1.165) is 0 Å². The van der Waals surface area contributed by atoms with Crippen LogP contribution in [0.5, 0.6) is 0 Å². The number of carbonyl (C=O) groups is 2. The fourth-order valence-electron chi connectivity index (χ4n) is 1.97. The molecule has 116 valence electrons. The maximum absolute atomic E-state index is 12.2. The normalized spacial score (nSPS) is 10.2. The number of nitrogens with one attached hydrogen (secondary N) is 1. The van der Waals surface area contributed by atoms with E-state index < -0.39 is 5.97 Å². The number of carbonyl (C=O) groups excluding carboxylic acids is 1. The molecule has 0 fully saturated rings. The first-order chi connectivity index (χ1) is 10.0. The van der Waals surface area contributed by atoms with Crippen molar-refractivity contribution in [3.05, 3.63) is 29.3 Å². The second kappa shape index (κ2) is 8.26. The maximum atomic E-state index is 12.2. The monoisotopic (exact) mass is 294 g/mol. The van der Waals surface area contributed by atoms with E-state index in [4.69, 9.17) is 4.74 Å². The van der Waals surface area contributed by atoms with Crippen LogP contribution in [-0.2, 0) is 4.74 Å². The van der Waals surface area contributed by atoms with Crippen LogP contribution in [0.2, 0.25) is 0 Å². The summed E-state index contributed by atoms with van der Waals surface area (Å²) in [6.07, 6.45) is 0. The van der Waals surface area contributed by atoms with Crippen LogP contribution in [0, 0.1) is 6.92 Å². The lowest BCUT2D eigenvalue weighted by atomic mass is 10.1. The van der Waals surface area contributed by atoms with Gasteiger partial charge in [-0.1, -0.05) is 12.1 Å². The first kappa shape index (κ1) is 17.0. The zero-order chi connectivity index (χ0) is 15.8. The molecular formula is C15H22N2O4. The van der Waals surface area contributed by atoms with E-state index >= 15 is 0 Å². The van der Waals surface area contributed by atoms with Gasteiger partial charge >= 0.3 is 12.0 Å². The molecule has 2 amide bonds. The Kier molecular flexibility index (Phi) is 6.68. The van der Waals surface area contributed by atoms with Crippen molar-refractivity contribution in [3.8, 4) is 0 Å². The van der Waals surface area contributed by atoms with Gasteiger partial charge in [0.05, 0.1) is 17.9 Å². The number of rotatable bonds is 7. The molecule has 1 aromatic carbocycles. The van der Waals surface area contributed by atoms with Crippen LogP contribution in [0.15, 0.2) is 18.2 Å². The molecule has 21 heavy (non-hydrogen) atoms. The Labute approximate surface area is 124 Å². The highest BCUT2D eigenvalue weighted by atomic mass is 16.5. The Balaban J connectivity index is 2.82. The van der Waals surface area contributed by atoms with Gasteiger partial charge in [0.1, 0.15) is 0 Å². The highest BCUT2D eigenvalue weighted by Crippen LogP contribution is 2.20. The number of nitrogens with zero attached hydrogens (tertiary/aromatic N) is 1. The van der Waals surface area contributed by atoms with Gasteiger partial charge in [-0.25, -0.2) is 9.59 Å². The summed E-state index contributed by atoms with van der Waals surface area (Å²) < 4.78 is 5.23. The highest BCUT2D eigenvalue weighted by molar-refractivity contribution is 6.01. The fourth-order valence-corrected chi connectivity index (χ4v) is 1.97. The third-order valence-corrected chi connectivity index (χ3v) is 3.11. The largest absolute Gasteiger partial charge is 0.478 e. The molecule has 0 aliphatic rings. The number of aromatic carboxylic acids is 1. The summed E-state index contributed by atoms with van der Waals surface area (Å²) >= 11 is 0. The minimum atomic E-state index is -1.05. The molecule has 0 unspecified atom stereocenters. The summed E-state index contributed by atoms with van der Waals surface area (Å²) in [5.74, 6) is -1.05. The number of aryl methyl sites for hydroxylation is 1. The first-order valence-electron chi connectivity index (χ1n) is 6.97. The predicted molar refractivity (Wildman–Crippen MR) is 80.9 cm³/mol. The lowest BCUT2D eigenvalue weighted by Crippen LogP contribution is -2.37. The summed E-state index contributed by atoms with van der Waals surface area (Å²) in [5.41, 5.74) is 1.03. The number of ether oxygens (including phenoxy) is 1. The summed E-state index contributed by atoms with van der Waals surface area (Å²) in [6, 6.07) is 4.68. The molecule has 6 nitrogen and oxygen atoms in total. The lowest BCUT2D eigenvalue weighted by Gasteiger charge is -2.22. The summed E-state index contributed by atoms with van der Waals surface area (Å²) in [5, 5.41) is 11.9. The van der Waals surface area contributed by atoms with Crippen LogP contribution in [-0.4, -0.2) is 48.3 Å². The van der Waals surface area contributed by atoms with E-state index in [-0.39, 0.29) is 11.6 Å². The van der Waals surface area contributed by atoms with Crippen molar-refractivity contribution in [2.75, 3.05) is 31.6 Å². The van der Waals surface area contributed by atoms with Crippen LogP contribution >= 0.6 is 0 Å². The van der Waals surface area contributed by atoms with Gasteiger partial charge in [-0.15, -0.1) is 0 Å². The van der Waals surface area contributed by atoms with E-state index in [1.807, 2.05) is 13.8 Å². The number of urea groups is 1. The number of carboxylic acid groups (broad SMARTS) is 1. The van der Waals surface area contributed by atoms with Gasteiger partial charge in [0.25, 0.3) is 0 Å². The quantitative estimate of drug-likeness (QED) is 0.758. The van der Waals surface area contributed by atoms with Gasteiger partial charge in [0.15, 0.2) is 0 Å². The minimum absolute atomic E-state index is 0.117. The summed E-state index contributed by atoms with van der Waals surface area (Å²) in [4.78, 5) is 25.1. The predicted octanol–water partition coefficient (Wildman–Crippen LogP) is 2.58. The molecule has 0 spiro atoms. The second-order valence-corrected chi connectivity index (χ2v) is 4.51. The standard InChI is InChI=1S/C15H22N2O4/c1-4-17(9-10-21-5-2)15(20)16-12-8-6-7-11(3)13(12)14(18)19/h6-8H,4-5,9-10H2,1-3H3,(H,16,20)(H,18,19). The van der Waals surface area contributed by atoms with Crippen LogP contribution in [0.1, 0.15) is 29.8 Å². The smallest absolute Gasteiger partial charge is 0.338 e. The van der Waals surface area contributed by atoms with Crippen molar-refractivity contribution in [2.24, 2.45) is 0 Å². The zero-order valence-corrected chi connectivity index (χ0v) is 12.7. The molecule has 6 heteroatoms. The number of likely N-dealkylation sites (N-methyl/N-ethyl adjacent to an activating group) is 1. The number of hydrogen-bond donors (Lipinski definition) is 2. The Morgan fingerprint density at radius 2 is 2.05 bits per heavy atom. The van der Waals surface area contributed by atoms with E-state index in [2.05, 4.69) is 5.32 Å². The fraction of sp³-hybridized carbons (Fsp3) is 0.467. The van der Waals surface area contributed by atoms with Gasteiger partial charge in [0.2, 0.25) is 0 Å². The second-order valence-electron chi connectivity index (χ2n) is 4.51. The average molecular weight is 294 g/mol. The van der Waals surface area contributed by atoms with Crippen molar-refractivity contribution in [1.82, 2.24) is 4.90 Å². The van der Waals surface area contributed by atoms with Gasteiger partial charge in [-0.3, -0.25) is 0 Å². The molecule has 1 rings (SSSR count). The van der Waals surface area contributed by atoms with Crippen molar-refractivity contribution in [1.29, 1.82) is 0 Å². The van der Waals surface area contributed by atoms with Crippen LogP contribution in [0.3, 0.4) is 0 Å². The van der Waals surface area contributed by atoms with E-state index in [1.54, 1.807) is 30.0 Å². The molecule has 0 heterocycles. The third kappa shape index (κ3) is 4.75. The molecule has 2 N–H and O–H groups in total. The Morgan fingerprint density at radius 3 is 2.62 bits per heavy atom. The van der Waals surface area contributed by atoms with Gasteiger partial charge in [-0.05, 0) is 32.4 Å². The third-order valence-electron chi connectivity index (χ3n) is 3.11. The first-order valence-corrected chi connectivity index (χ1v) is 6.97. The number of hydrogen-bond acceptors (Lipinski definition) is 3. The molecule has 0 bridgehead atoms. The molecule has 0 radical (unpaired) electrons. The minimum Gasteiger partial charge on any atom is -0.478 e. The molecule has 0 aliphatic carbocycles. The number of carboxylic acids is 1. The van der Waals surface area contributed by atoms with Crippen molar-refractivity contribution >= 4 is 17.7 Å². The number of anilines is 1. The summed E-state index contributed by atoms with van der Waals surface area (Å²) in [6.45, 7) is 7.49. The van der Waals surface area contributed by atoms with Crippen molar-refractivity contribution in [2.45, 2.75) is 20.8 Å². The Hall–Kier alpha value is -2.08. The van der Waals surface area contributed by atoms with Crippen molar-refractivity contribution in [3.63, 3.8) is 0 Å². The molecule has 1 aromatic rings. The molecule has 0 saturated carbocycles. The Bertz CT molecular complexity index is 502. The molecule has 0 aliphatic heterocycles. The molecule has 0 saturated heterocycles. The van der Waals surface area contributed by atoms with E-state index in [1.165, 1.54) is 0 Å². The topological polar surface area (TPSA) is 78.9 Å². The molecule has 0 aromatic heterocycles. The maximum Gasteiger partial charge on any atom is 0.338 e. The SMILES string of the molecule is CCOCCN(CC)C(=O)Nc1cccc(C)c1C(=O)O. The zero-order valence-electron chi connectivity index (χ0n) is 12.7. The van der Waals surface area contributed by atoms with Crippen LogP contribution in [0.4, 0.5) is 10.5 Å². The molecular weight excluding hydrogens is 272 g/mol. The highest BCUT2D eigenvalue weighted by Gasteiger charge is 2.17. The summed E-state index contributed by atoms with van der Waals surface area (Å²) in [7, 11) is 0. The van der Waals surface area contributed by atoms with Crippen LogP contribution in [0.25, 0.3) is 0 Å². The van der Waals surface area contributed by atoms with Crippen molar-refractivity contribution < 1.29 is 19.4 Å². The van der Waals surface area contributed by atoms with Gasteiger partial charge in [0, 0.05) is 19.7 Å². The van der Waals surface area contributed by atoms with Gasteiger partial charge < -0.3 is 20.1 Å². The Morgan fingerprint density at radius 1 is 1.33 bits per heavy atom. The van der Waals surface area contributed by atoms with E-state index in [9.17, 15) is 14.7 Å². The number of benzene rings is 1. The molecule has 0 atom stereocenters.